The van der Waals surface area contributed by atoms with Gasteiger partial charge < -0.3 is 15.6 Å². The number of carbonyl (C=O) groups excluding carboxylic acids is 1. The van der Waals surface area contributed by atoms with Gasteiger partial charge in [0.2, 0.25) is 5.56 Å². The van der Waals surface area contributed by atoms with Crippen molar-refractivity contribution < 1.29 is 4.79 Å². The van der Waals surface area contributed by atoms with Crippen LogP contribution in [0.5, 0.6) is 0 Å². The topological polar surface area (TPSA) is 77.1 Å². The first-order valence-electron chi connectivity index (χ1n) is 5.81. The number of aryl methyl sites for hydroxylation is 2. The summed E-state index contributed by atoms with van der Waals surface area (Å²) in [5, 5.41) is 2.72. The van der Waals surface area contributed by atoms with Crippen LogP contribution in [0.1, 0.15) is 15.9 Å². The maximum absolute atomic E-state index is 12.1. The lowest BCUT2D eigenvalue weighted by atomic mass is 10.1. The first-order valence-corrected chi connectivity index (χ1v) is 5.81. The van der Waals surface area contributed by atoms with Crippen molar-refractivity contribution in [1.82, 2.24) is 4.57 Å². The zero-order valence-corrected chi connectivity index (χ0v) is 10.8. The Balaban J connectivity index is 2.28. The van der Waals surface area contributed by atoms with Crippen LogP contribution in [0.4, 0.5) is 11.4 Å². The van der Waals surface area contributed by atoms with E-state index in [2.05, 4.69) is 5.32 Å². The lowest BCUT2D eigenvalue weighted by Crippen LogP contribution is -2.18. The molecule has 98 valence electrons. The van der Waals surface area contributed by atoms with Gasteiger partial charge in [-0.2, -0.15) is 0 Å². The van der Waals surface area contributed by atoms with E-state index in [1.165, 1.54) is 10.6 Å². The molecule has 0 aliphatic heterocycles. The molecule has 1 aromatic carbocycles. The Bertz CT molecular complexity index is 689. The van der Waals surface area contributed by atoms with Gasteiger partial charge in [-0.25, -0.2) is 0 Å². The molecule has 19 heavy (non-hydrogen) atoms. The first kappa shape index (κ1) is 12.9. The molecule has 0 spiro atoms. The summed E-state index contributed by atoms with van der Waals surface area (Å²) in [5.74, 6) is -0.292. The third-order valence-electron chi connectivity index (χ3n) is 2.80. The van der Waals surface area contributed by atoms with Crippen LogP contribution < -0.4 is 16.6 Å². The number of benzene rings is 1. The van der Waals surface area contributed by atoms with Crippen LogP contribution in [0, 0.1) is 6.92 Å². The van der Waals surface area contributed by atoms with Gasteiger partial charge in [0.15, 0.2) is 0 Å². The van der Waals surface area contributed by atoms with E-state index in [1.54, 1.807) is 31.4 Å². The number of pyridine rings is 1. The fraction of sp³-hybridized carbons (Fsp3) is 0.143. The van der Waals surface area contributed by atoms with Crippen LogP contribution in [-0.2, 0) is 7.05 Å². The predicted molar refractivity (Wildman–Crippen MR) is 75.2 cm³/mol. The standard InChI is InChI=1S/C14H15N3O2/c1-9-3-5-12(15)11(7-9)14(19)16-10-4-6-13(18)17(2)8-10/h3-8H,15H2,1-2H3,(H,16,19). The van der Waals surface area contributed by atoms with Crippen molar-refractivity contribution in [3.63, 3.8) is 0 Å². The third-order valence-corrected chi connectivity index (χ3v) is 2.80. The average molecular weight is 257 g/mol. The number of hydrogen-bond donors (Lipinski definition) is 2. The third kappa shape index (κ3) is 2.82. The van der Waals surface area contributed by atoms with Crippen molar-refractivity contribution in [2.24, 2.45) is 7.05 Å². The van der Waals surface area contributed by atoms with Crippen molar-refractivity contribution in [2.45, 2.75) is 6.92 Å². The van der Waals surface area contributed by atoms with Gasteiger partial charge in [0, 0.05) is 25.0 Å². The molecule has 5 nitrogen and oxygen atoms in total. The molecule has 0 bridgehead atoms. The summed E-state index contributed by atoms with van der Waals surface area (Å²) in [6, 6.07) is 8.23. The minimum atomic E-state index is -0.292. The highest BCUT2D eigenvalue weighted by atomic mass is 16.1. The monoisotopic (exact) mass is 257 g/mol. The van der Waals surface area contributed by atoms with E-state index in [0.717, 1.165) is 5.56 Å². The SMILES string of the molecule is Cc1ccc(N)c(C(=O)Nc2ccc(=O)n(C)c2)c1. The largest absolute Gasteiger partial charge is 0.398 e. The predicted octanol–water partition coefficient (Wildman–Crippen LogP) is 1.53. The van der Waals surface area contributed by atoms with Crippen molar-refractivity contribution in [3.05, 3.63) is 58.0 Å². The summed E-state index contributed by atoms with van der Waals surface area (Å²) in [6.45, 7) is 1.89. The maximum atomic E-state index is 12.1. The maximum Gasteiger partial charge on any atom is 0.257 e. The molecule has 0 saturated heterocycles. The summed E-state index contributed by atoms with van der Waals surface area (Å²) in [4.78, 5) is 23.4. The number of rotatable bonds is 2. The summed E-state index contributed by atoms with van der Waals surface area (Å²) in [5.41, 5.74) is 8.01. The van der Waals surface area contributed by atoms with Crippen molar-refractivity contribution in [2.75, 3.05) is 11.1 Å². The van der Waals surface area contributed by atoms with E-state index in [4.69, 9.17) is 5.73 Å². The number of anilines is 2. The number of hydrogen-bond acceptors (Lipinski definition) is 3. The molecule has 1 aromatic heterocycles. The number of nitrogens with two attached hydrogens (primary N) is 1. The van der Waals surface area contributed by atoms with Gasteiger partial charge >= 0.3 is 0 Å². The van der Waals surface area contributed by atoms with Gasteiger partial charge in [0.1, 0.15) is 0 Å². The number of aromatic nitrogens is 1. The lowest BCUT2D eigenvalue weighted by molar-refractivity contribution is 0.102. The second kappa shape index (κ2) is 4.97. The van der Waals surface area contributed by atoms with Gasteiger partial charge in [0.25, 0.3) is 5.91 Å². The molecule has 2 rings (SSSR count). The smallest absolute Gasteiger partial charge is 0.257 e. The Labute approximate surface area is 110 Å². The lowest BCUT2D eigenvalue weighted by Gasteiger charge is -2.09. The van der Waals surface area contributed by atoms with Gasteiger partial charge in [-0.15, -0.1) is 0 Å². The van der Waals surface area contributed by atoms with E-state index >= 15 is 0 Å². The van der Waals surface area contributed by atoms with Gasteiger partial charge in [0.05, 0.1) is 11.3 Å². The van der Waals surface area contributed by atoms with Crippen molar-refractivity contribution >= 4 is 17.3 Å². The highest BCUT2D eigenvalue weighted by molar-refractivity contribution is 6.07. The van der Waals surface area contributed by atoms with E-state index < -0.39 is 0 Å². The summed E-state index contributed by atoms with van der Waals surface area (Å²) < 4.78 is 1.40. The Kier molecular flexibility index (Phi) is 3.37. The molecule has 0 aliphatic rings. The first-order chi connectivity index (χ1) is 8.97. The fourth-order valence-electron chi connectivity index (χ4n) is 1.73. The summed E-state index contributed by atoms with van der Waals surface area (Å²) >= 11 is 0. The van der Waals surface area contributed by atoms with E-state index in [9.17, 15) is 9.59 Å². The molecule has 1 heterocycles. The molecule has 3 N–H and O–H groups in total. The second-order valence-electron chi connectivity index (χ2n) is 4.41. The number of nitrogen functional groups attached to an aromatic ring is 1. The molecule has 0 aliphatic carbocycles. The molecule has 0 unspecified atom stereocenters. The second-order valence-corrected chi connectivity index (χ2v) is 4.41. The average Bonchev–Trinajstić information content (AvgIpc) is 2.36. The normalized spacial score (nSPS) is 10.2. The van der Waals surface area contributed by atoms with Gasteiger partial charge in [-0.3, -0.25) is 9.59 Å². The highest BCUT2D eigenvalue weighted by Crippen LogP contribution is 2.15. The molecule has 0 fully saturated rings. The molecule has 1 amide bonds. The van der Waals surface area contributed by atoms with Crippen molar-refractivity contribution in [1.29, 1.82) is 0 Å². The number of amides is 1. The zero-order valence-electron chi connectivity index (χ0n) is 10.8. The van der Waals surface area contributed by atoms with Crippen LogP contribution in [-0.4, -0.2) is 10.5 Å². The minimum Gasteiger partial charge on any atom is -0.398 e. The molecular weight excluding hydrogens is 242 g/mol. The van der Waals surface area contributed by atoms with Crippen LogP contribution in [0.15, 0.2) is 41.3 Å². The Morgan fingerprint density at radius 3 is 2.68 bits per heavy atom. The van der Waals surface area contributed by atoms with Gasteiger partial charge in [-0.05, 0) is 25.1 Å². The summed E-state index contributed by atoms with van der Waals surface area (Å²) in [6.07, 6.45) is 1.56. The highest BCUT2D eigenvalue weighted by Gasteiger charge is 2.10. The van der Waals surface area contributed by atoms with E-state index in [-0.39, 0.29) is 11.5 Å². The van der Waals surface area contributed by atoms with Crippen molar-refractivity contribution in [3.8, 4) is 0 Å². The van der Waals surface area contributed by atoms with E-state index in [0.29, 0.717) is 16.9 Å². The Morgan fingerprint density at radius 1 is 1.26 bits per heavy atom. The van der Waals surface area contributed by atoms with Crippen LogP contribution in [0.25, 0.3) is 0 Å². The number of carbonyl (C=O) groups is 1. The molecule has 5 heteroatoms. The fourth-order valence-corrected chi connectivity index (χ4v) is 1.73. The Morgan fingerprint density at radius 2 is 2.00 bits per heavy atom. The molecule has 0 saturated carbocycles. The molecule has 0 radical (unpaired) electrons. The number of nitrogens with zero attached hydrogens (tertiary/aromatic N) is 1. The molecule has 0 atom stereocenters. The summed E-state index contributed by atoms with van der Waals surface area (Å²) in [7, 11) is 1.62. The van der Waals surface area contributed by atoms with E-state index in [1.807, 2.05) is 13.0 Å². The van der Waals surface area contributed by atoms with Crippen LogP contribution >= 0.6 is 0 Å². The molecular formula is C14H15N3O2. The van der Waals surface area contributed by atoms with Crippen LogP contribution in [0.3, 0.4) is 0 Å². The Hall–Kier alpha value is -2.56. The minimum absolute atomic E-state index is 0.131. The molecule has 2 aromatic rings. The quantitative estimate of drug-likeness (QED) is 0.801. The number of nitrogens with one attached hydrogen (secondary N) is 1. The van der Waals surface area contributed by atoms with Gasteiger partial charge in [-0.1, -0.05) is 11.6 Å². The zero-order chi connectivity index (χ0) is 14.0. The van der Waals surface area contributed by atoms with Crippen LogP contribution in [0.2, 0.25) is 0 Å².